The van der Waals surface area contributed by atoms with Gasteiger partial charge in [0, 0.05) is 11.8 Å². The number of rotatable bonds is 3. The maximum Gasteiger partial charge on any atom is 0.139 e. The molecule has 2 aliphatic carbocycles. The van der Waals surface area contributed by atoms with Gasteiger partial charge in [-0.25, -0.2) is 0 Å². The largest absolute Gasteiger partial charge is 0.508 e. The van der Waals surface area contributed by atoms with Gasteiger partial charge in [0.1, 0.15) is 11.5 Å². The number of aromatic hydroxyl groups is 1. The molecule has 2 aliphatic rings. The first-order valence-corrected chi connectivity index (χ1v) is 9.80. The quantitative estimate of drug-likeness (QED) is 0.772. The molecular formula is C22H34O2. The minimum Gasteiger partial charge on any atom is -0.508 e. The second-order valence-electron chi connectivity index (χ2n) is 7.90. The molecule has 0 radical (unpaired) electrons. The topological polar surface area (TPSA) is 37.3 Å². The number of Topliss-reactive ketones (excluding diaryl/α,β-unsaturated/α-hetero) is 1. The Hall–Kier alpha value is -1.31. The predicted molar refractivity (Wildman–Crippen MR) is 100 cm³/mol. The number of phenols is 1. The Bertz CT molecular complexity index is 563. The van der Waals surface area contributed by atoms with Crippen LogP contribution in [-0.2, 0) is 17.6 Å². The van der Waals surface area contributed by atoms with E-state index >= 15 is 0 Å². The van der Waals surface area contributed by atoms with Crippen molar-refractivity contribution in [2.24, 2.45) is 17.3 Å². The summed E-state index contributed by atoms with van der Waals surface area (Å²) in [6.07, 6.45) is 8.51. The van der Waals surface area contributed by atoms with Crippen molar-refractivity contribution in [2.45, 2.75) is 79.1 Å². The fourth-order valence-corrected chi connectivity index (χ4v) is 4.81. The van der Waals surface area contributed by atoms with Crippen LogP contribution in [0.3, 0.4) is 0 Å². The Labute approximate surface area is 147 Å². The van der Waals surface area contributed by atoms with Crippen LogP contribution in [-0.4, -0.2) is 10.9 Å². The molecule has 24 heavy (non-hydrogen) atoms. The number of carbonyl (C=O) groups is 1. The average molecular weight is 331 g/mol. The van der Waals surface area contributed by atoms with E-state index in [1.807, 2.05) is 6.07 Å². The molecular weight excluding hydrogens is 296 g/mol. The Morgan fingerprint density at radius 1 is 1.12 bits per heavy atom. The van der Waals surface area contributed by atoms with Gasteiger partial charge in [-0.1, -0.05) is 46.6 Å². The molecule has 3 unspecified atom stereocenters. The van der Waals surface area contributed by atoms with Crippen molar-refractivity contribution < 1.29 is 9.90 Å². The first-order valence-electron chi connectivity index (χ1n) is 9.80. The van der Waals surface area contributed by atoms with Crippen LogP contribution in [0.2, 0.25) is 0 Å². The number of benzene rings is 1. The standard InChI is InChI=1S/C19H26O2.C3H8/c1-3-10-19(2)17(8-9-18(19)21)15-5-4-14-12-16(20)7-6-13(14)11-15;1-3-2/h6-7,12,15,17,20H,3-5,8-11H2,1-2H3;3H2,1-2H3. The number of fused-ring (bicyclic) bond motifs is 1. The lowest BCUT2D eigenvalue weighted by atomic mass is 9.65. The summed E-state index contributed by atoms with van der Waals surface area (Å²) in [4.78, 5) is 12.4. The lowest BCUT2D eigenvalue weighted by Crippen LogP contribution is -2.35. The summed E-state index contributed by atoms with van der Waals surface area (Å²) in [6.45, 7) is 8.65. The van der Waals surface area contributed by atoms with Crippen molar-refractivity contribution in [2.75, 3.05) is 0 Å². The molecule has 0 aromatic heterocycles. The predicted octanol–water partition coefficient (Wildman–Crippen LogP) is 5.70. The summed E-state index contributed by atoms with van der Waals surface area (Å²) in [5, 5.41) is 9.61. The van der Waals surface area contributed by atoms with E-state index in [0.717, 1.165) is 44.9 Å². The molecule has 1 aromatic carbocycles. The molecule has 3 atom stereocenters. The van der Waals surface area contributed by atoms with Gasteiger partial charge in [-0.3, -0.25) is 4.79 Å². The SMILES string of the molecule is CCC.CCCC1(C)C(=O)CCC1C1CCc2cc(O)ccc2C1. The van der Waals surface area contributed by atoms with Crippen LogP contribution in [0.1, 0.15) is 77.3 Å². The van der Waals surface area contributed by atoms with Gasteiger partial charge in [0.2, 0.25) is 0 Å². The molecule has 134 valence electrons. The van der Waals surface area contributed by atoms with E-state index in [0.29, 0.717) is 23.4 Å². The van der Waals surface area contributed by atoms with Gasteiger partial charge in [0.15, 0.2) is 0 Å². The van der Waals surface area contributed by atoms with Crippen molar-refractivity contribution in [1.29, 1.82) is 0 Å². The molecule has 2 nitrogen and oxygen atoms in total. The molecule has 0 bridgehead atoms. The normalized spacial score (nSPS) is 28.9. The zero-order chi connectivity index (χ0) is 17.7. The number of carbonyl (C=O) groups excluding carboxylic acids is 1. The smallest absolute Gasteiger partial charge is 0.139 e. The molecule has 0 amide bonds. The number of phenolic OH excluding ortho intramolecular Hbond substituents is 1. The minimum atomic E-state index is -0.0894. The van der Waals surface area contributed by atoms with Crippen molar-refractivity contribution in [3.8, 4) is 5.75 Å². The average Bonchev–Trinajstić information content (AvgIpc) is 2.83. The van der Waals surface area contributed by atoms with Gasteiger partial charge >= 0.3 is 0 Å². The molecule has 3 rings (SSSR count). The third-order valence-electron chi connectivity index (χ3n) is 5.93. The molecule has 1 saturated carbocycles. The van der Waals surface area contributed by atoms with Crippen molar-refractivity contribution in [3.63, 3.8) is 0 Å². The third-order valence-corrected chi connectivity index (χ3v) is 5.93. The molecule has 0 aliphatic heterocycles. The van der Waals surface area contributed by atoms with Gasteiger partial charge in [0.05, 0.1) is 0 Å². The van der Waals surface area contributed by atoms with Crippen molar-refractivity contribution >= 4 is 5.78 Å². The fraction of sp³-hybridized carbons (Fsp3) is 0.682. The fourth-order valence-electron chi connectivity index (χ4n) is 4.81. The minimum absolute atomic E-state index is 0.0894. The number of hydrogen-bond donors (Lipinski definition) is 1. The van der Waals surface area contributed by atoms with Gasteiger partial charge < -0.3 is 5.11 Å². The summed E-state index contributed by atoms with van der Waals surface area (Å²) < 4.78 is 0. The Balaban J connectivity index is 0.000000647. The third kappa shape index (κ3) is 3.84. The van der Waals surface area contributed by atoms with Gasteiger partial charge in [-0.2, -0.15) is 0 Å². The highest BCUT2D eigenvalue weighted by Gasteiger charge is 2.48. The molecule has 0 spiro atoms. The van der Waals surface area contributed by atoms with E-state index in [1.54, 1.807) is 6.07 Å². The molecule has 0 saturated heterocycles. The van der Waals surface area contributed by atoms with Crippen LogP contribution < -0.4 is 0 Å². The molecule has 1 N–H and O–H groups in total. The molecule has 0 heterocycles. The molecule has 1 aromatic rings. The van der Waals surface area contributed by atoms with Gasteiger partial charge in [0.25, 0.3) is 0 Å². The molecule has 2 heteroatoms. The second-order valence-corrected chi connectivity index (χ2v) is 7.90. The van der Waals surface area contributed by atoms with E-state index in [-0.39, 0.29) is 5.41 Å². The lowest BCUT2D eigenvalue weighted by Gasteiger charge is -2.38. The van der Waals surface area contributed by atoms with E-state index < -0.39 is 0 Å². The zero-order valence-corrected chi connectivity index (χ0v) is 15.9. The highest BCUT2D eigenvalue weighted by molar-refractivity contribution is 5.87. The highest BCUT2D eigenvalue weighted by Crippen LogP contribution is 2.50. The lowest BCUT2D eigenvalue weighted by molar-refractivity contribution is -0.127. The summed E-state index contributed by atoms with van der Waals surface area (Å²) in [5.74, 6) is 2.04. The van der Waals surface area contributed by atoms with E-state index in [9.17, 15) is 9.90 Å². The highest BCUT2D eigenvalue weighted by atomic mass is 16.3. The Morgan fingerprint density at radius 3 is 2.50 bits per heavy atom. The van der Waals surface area contributed by atoms with Gasteiger partial charge in [-0.15, -0.1) is 0 Å². The summed E-state index contributed by atoms with van der Waals surface area (Å²) in [5.41, 5.74) is 2.59. The van der Waals surface area contributed by atoms with Crippen molar-refractivity contribution in [3.05, 3.63) is 29.3 Å². The maximum absolute atomic E-state index is 12.4. The van der Waals surface area contributed by atoms with Gasteiger partial charge in [-0.05, 0) is 67.2 Å². The number of ketones is 1. The second kappa shape index (κ2) is 8.18. The molecule has 1 fully saturated rings. The first-order chi connectivity index (χ1) is 11.5. The van der Waals surface area contributed by atoms with Crippen LogP contribution in [0.25, 0.3) is 0 Å². The van der Waals surface area contributed by atoms with E-state index in [1.165, 1.54) is 17.5 Å². The Morgan fingerprint density at radius 2 is 1.83 bits per heavy atom. The summed E-state index contributed by atoms with van der Waals surface area (Å²) in [7, 11) is 0. The van der Waals surface area contributed by atoms with E-state index in [2.05, 4.69) is 33.8 Å². The Kier molecular flexibility index (Phi) is 6.48. The summed E-state index contributed by atoms with van der Waals surface area (Å²) in [6, 6.07) is 5.79. The van der Waals surface area contributed by atoms with Crippen LogP contribution in [0, 0.1) is 17.3 Å². The zero-order valence-electron chi connectivity index (χ0n) is 15.9. The number of aryl methyl sites for hydroxylation is 1. The van der Waals surface area contributed by atoms with Crippen LogP contribution >= 0.6 is 0 Å². The van der Waals surface area contributed by atoms with Crippen LogP contribution in [0.5, 0.6) is 5.75 Å². The monoisotopic (exact) mass is 330 g/mol. The summed E-state index contributed by atoms with van der Waals surface area (Å²) >= 11 is 0. The van der Waals surface area contributed by atoms with E-state index in [4.69, 9.17) is 0 Å². The van der Waals surface area contributed by atoms with Crippen molar-refractivity contribution in [1.82, 2.24) is 0 Å². The van der Waals surface area contributed by atoms with Crippen LogP contribution in [0.4, 0.5) is 0 Å². The first kappa shape index (κ1) is 19.0. The number of hydrogen-bond acceptors (Lipinski definition) is 2. The van der Waals surface area contributed by atoms with Crippen LogP contribution in [0.15, 0.2) is 18.2 Å². The maximum atomic E-state index is 12.4.